The second-order valence-corrected chi connectivity index (χ2v) is 6.45. The summed E-state index contributed by atoms with van der Waals surface area (Å²) in [6.07, 6.45) is 1.88. The molecule has 7 nitrogen and oxygen atoms in total. The van der Waals surface area contributed by atoms with Gasteiger partial charge in [0.15, 0.2) is 6.19 Å². The maximum atomic E-state index is 10.9. The minimum Gasteiger partial charge on any atom is -0.485 e. The number of aliphatic hydroxyl groups excluding tert-OH is 1. The van der Waals surface area contributed by atoms with E-state index in [-0.39, 0.29) is 0 Å². The number of nitrogens with one attached hydrogen (secondary N) is 1. The van der Waals surface area contributed by atoms with Crippen molar-refractivity contribution in [2.45, 2.75) is 38.0 Å². The zero-order chi connectivity index (χ0) is 17.3. The molecule has 0 spiro atoms. The van der Waals surface area contributed by atoms with Gasteiger partial charge >= 0.3 is 0 Å². The van der Waals surface area contributed by atoms with Gasteiger partial charge in [-0.05, 0) is 38.5 Å². The molecule has 0 saturated carbocycles. The van der Waals surface area contributed by atoms with Gasteiger partial charge in [-0.2, -0.15) is 10.5 Å². The highest BCUT2D eigenvalue weighted by atomic mass is 16.5. The first-order chi connectivity index (χ1) is 11.5. The second-order valence-electron chi connectivity index (χ2n) is 6.45. The van der Waals surface area contributed by atoms with E-state index in [1.54, 1.807) is 18.2 Å². The average molecular weight is 325 g/mol. The molecule has 124 valence electrons. The molecular formula is C17H19N5O2. The molecule has 7 heteroatoms. The van der Waals surface area contributed by atoms with Gasteiger partial charge in [0.2, 0.25) is 5.96 Å². The number of nitrogens with zero attached hydrogens (tertiary/aromatic N) is 4. The third kappa shape index (κ3) is 2.64. The zero-order valence-electron chi connectivity index (χ0n) is 13.7. The topological polar surface area (TPSA) is 105 Å². The smallest absolute Gasteiger partial charge is 0.207 e. The van der Waals surface area contributed by atoms with E-state index in [9.17, 15) is 10.4 Å². The standard InChI is InChI=1S/C17H19N5O2/c1-17(2)15(23)14(22-7-3-6-20-16(22)21-10-19)12-8-11(9-18)4-5-13(12)24-17/h4-5,8,14-15,23H,3,6-7H2,1-2H3,(H,20,21). The molecule has 24 heavy (non-hydrogen) atoms. The number of nitriles is 2. The Morgan fingerprint density at radius 2 is 2.21 bits per heavy atom. The predicted octanol–water partition coefficient (Wildman–Crippen LogP) is 1.26. The number of hydrogen-bond acceptors (Lipinski definition) is 7. The highest BCUT2D eigenvalue weighted by molar-refractivity contribution is 5.82. The zero-order valence-corrected chi connectivity index (χ0v) is 13.7. The normalized spacial score (nSPS) is 24.7. The summed E-state index contributed by atoms with van der Waals surface area (Å²) in [5.41, 5.74) is 0.425. The van der Waals surface area contributed by atoms with E-state index in [0.717, 1.165) is 12.0 Å². The van der Waals surface area contributed by atoms with E-state index in [4.69, 9.17) is 10.00 Å². The monoisotopic (exact) mass is 325 g/mol. The number of aliphatic hydroxyl groups is 1. The number of rotatable bonds is 1. The lowest BCUT2D eigenvalue weighted by Gasteiger charge is -2.47. The molecule has 1 aromatic carbocycles. The summed E-state index contributed by atoms with van der Waals surface area (Å²) in [6, 6.07) is 6.86. The molecule has 2 aliphatic heterocycles. The number of hydrogen-bond donors (Lipinski definition) is 2. The molecule has 0 fully saturated rings. The van der Waals surface area contributed by atoms with Crippen LogP contribution in [0.2, 0.25) is 0 Å². The molecular weight excluding hydrogens is 306 g/mol. The maximum absolute atomic E-state index is 10.9. The Morgan fingerprint density at radius 3 is 2.92 bits per heavy atom. The van der Waals surface area contributed by atoms with Crippen LogP contribution < -0.4 is 10.1 Å². The number of fused-ring (bicyclic) bond motifs is 1. The summed E-state index contributed by atoms with van der Waals surface area (Å²) >= 11 is 0. The molecule has 2 aliphatic rings. The van der Waals surface area contributed by atoms with E-state index in [2.05, 4.69) is 16.4 Å². The number of aliphatic imine (C=N–C) groups is 1. The van der Waals surface area contributed by atoms with Gasteiger partial charge in [0, 0.05) is 18.7 Å². The van der Waals surface area contributed by atoms with Crippen molar-refractivity contribution in [1.82, 2.24) is 10.2 Å². The lowest BCUT2D eigenvalue weighted by atomic mass is 9.84. The SMILES string of the molecule is CC1(C)Oc2ccc(C#N)cc2C(N2CCCN=C2NC#N)C1O. The van der Waals surface area contributed by atoms with Gasteiger partial charge in [-0.3, -0.25) is 10.3 Å². The minimum absolute atomic E-state index is 0.443. The van der Waals surface area contributed by atoms with E-state index in [1.165, 1.54) is 0 Å². The van der Waals surface area contributed by atoms with E-state index in [0.29, 0.717) is 30.4 Å². The van der Waals surface area contributed by atoms with Gasteiger partial charge in [0.1, 0.15) is 17.5 Å². The molecule has 2 heterocycles. The molecule has 3 rings (SSSR count). The van der Waals surface area contributed by atoms with Crippen LogP contribution in [0.4, 0.5) is 0 Å². The molecule has 2 atom stereocenters. The first-order valence-electron chi connectivity index (χ1n) is 7.85. The van der Waals surface area contributed by atoms with Crippen molar-refractivity contribution in [3.63, 3.8) is 0 Å². The highest BCUT2D eigenvalue weighted by Crippen LogP contribution is 2.43. The Labute approximate surface area is 140 Å². The van der Waals surface area contributed by atoms with Crippen molar-refractivity contribution >= 4 is 5.96 Å². The minimum atomic E-state index is -0.845. The highest BCUT2D eigenvalue weighted by Gasteiger charge is 2.46. The molecule has 0 radical (unpaired) electrons. The summed E-state index contributed by atoms with van der Waals surface area (Å²) in [7, 11) is 0. The third-order valence-corrected chi connectivity index (χ3v) is 4.44. The molecule has 2 unspecified atom stereocenters. The quantitative estimate of drug-likeness (QED) is 0.595. The van der Waals surface area contributed by atoms with Gasteiger partial charge in [-0.15, -0.1) is 0 Å². The summed E-state index contributed by atoms with van der Waals surface area (Å²) in [5, 5.41) is 31.7. The maximum Gasteiger partial charge on any atom is 0.207 e. The van der Waals surface area contributed by atoms with Crippen molar-refractivity contribution in [2.24, 2.45) is 4.99 Å². The Bertz CT molecular complexity index is 759. The first-order valence-corrected chi connectivity index (χ1v) is 7.85. The van der Waals surface area contributed by atoms with Crippen LogP contribution in [-0.2, 0) is 0 Å². The second kappa shape index (κ2) is 6.03. The summed E-state index contributed by atoms with van der Waals surface area (Å²) in [6.45, 7) is 4.93. The molecule has 0 saturated heterocycles. The van der Waals surface area contributed by atoms with Gasteiger partial charge in [0.25, 0.3) is 0 Å². The number of ether oxygens (including phenoxy) is 1. The fourth-order valence-corrected chi connectivity index (χ4v) is 3.23. The van der Waals surface area contributed by atoms with Crippen molar-refractivity contribution < 1.29 is 9.84 Å². The lowest BCUT2D eigenvalue weighted by molar-refractivity contribution is -0.0825. The predicted molar refractivity (Wildman–Crippen MR) is 87.0 cm³/mol. The molecule has 0 amide bonds. The summed E-state index contributed by atoms with van der Waals surface area (Å²) in [5.74, 6) is 1.08. The molecule has 2 N–H and O–H groups in total. The molecule has 0 aliphatic carbocycles. The van der Waals surface area contributed by atoms with Crippen LogP contribution in [-0.4, -0.2) is 40.8 Å². The Morgan fingerprint density at radius 1 is 1.42 bits per heavy atom. The largest absolute Gasteiger partial charge is 0.485 e. The van der Waals surface area contributed by atoms with Crippen LogP contribution in [0.15, 0.2) is 23.2 Å². The van der Waals surface area contributed by atoms with Crippen LogP contribution in [0.1, 0.15) is 37.4 Å². The van der Waals surface area contributed by atoms with Crippen LogP contribution in [0.3, 0.4) is 0 Å². The van der Waals surface area contributed by atoms with Crippen molar-refractivity contribution in [3.05, 3.63) is 29.3 Å². The first kappa shape index (κ1) is 16.1. The van der Waals surface area contributed by atoms with Crippen LogP contribution >= 0.6 is 0 Å². The summed E-state index contributed by atoms with van der Waals surface area (Å²) in [4.78, 5) is 6.26. The van der Waals surface area contributed by atoms with Gasteiger partial charge in [-0.1, -0.05) is 0 Å². The van der Waals surface area contributed by atoms with E-state index in [1.807, 2.05) is 24.9 Å². The van der Waals surface area contributed by atoms with Gasteiger partial charge < -0.3 is 14.7 Å². The fourth-order valence-electron chi connectivity index (χ4n) is 3.23. The summed E-state index contributed by atoms with van der Waals surface area (Å²) < 4.78 is 5.94. The molecule has 0 aromatic heterocycles. The number of guanidine groups is 1. The Balaban J connectivity index is 2.11. The van der Waals surface area contributed by atoms with E-state index < -0.39 is 17.7 Å². The Hall–Kier alpha value is -2.77. The third-order valence-electron chi connectivity index (χ3n) is 4.44. The number of benzene rings is 1. The lowest BCUT2D eigenvalue weighted by Crippen LogP contribution is -2.57. The van der Waals surface area contributed by atoms with Crippen molar-refractivity contribution in [1.29, 1.82) is 10.5 Å². The van der Waals surface area contributed by atoms with Crippen molar-refractivity contribution in [3.8, 4) is 18.0 Å². The van der Waals surface area contributed by atoms with Crippen LogP contribution in [0.25, 0.3) is 0 Å². The van der Waals surface area contributed by atoms with Gasteiger partial charge in [-0.25, -0.2) is 0 Å². The fraction of sp³-hybridized carbons (Fsp3) is 0.471. The van der Waals surface area contributed by atoms with Crippen molar-refractivity contribution in [2.75, 3.05) is 13.1 Å². The van der Waals surface area contributed by atoms with Crippen LogP contribution in [0.5, 0.6) is 5.75 Å². The van der Waals surface area contributed by atoms with Crippen LogP contribution in [0, 0.1) is 22.8 Å². The van der Waals surface area contributed by atoms with E-state index >= 15 is 0 Å². The molecule has 0 bridgehead atoms. The molecule has 1 aromatic rings. The average Bonchev–Trinajstić information content (AvgIpc) is 2.57. The van der Waals surface area contributed by atoms with Gasteiger partial charge in [0.05, 0.1) is 17.7 Å². The Kier molecular flexibility index (Phi) is 4.04.